The van der Waals surface area contributed by atoms with Gasteiger partial charge in [-0.2, -0.15) is 0 Å². The van der Waals surface area contributed by atoms with Crippen molar-refractivity contribution in [1.82, 2.24) is 40.7 Å². The quantitative estimate of drug-likeness (QED) is 0.0508. The molecule has 2 aliphatic rings. The molecule has 2 aliphatic heterocycles. The first kappa shape index (κ1) is 52.3. The predicted molar refractivity (Wildman–Crippen MR) is 272 cm³/mol. The number of aromatic nitrogens is 3. The number of carbonyl (C=O) groups excluding carboxylic acids is 5. The molecule has 4 heterocycles. The van der Waals surface area contributed by atoms with E-state index in [2.05, 4.69) is 46.4 Å². The van der Waals surface area contributed by atoms with Crippen molar-refractivity contribution in [3.8, 4) is 16.2 Å². The number of hydrogen-bond acceptors (Lipinski definition) is 13. The molecule has 3 atom stereocenters. The second kappa shape index (κ2) is 23.6. The number of anilines is 3. The lowest BCUT2D eigenvalue weighted by Crippen LogP contribution is -2.57. The summed E-state index contributed by atoms with van der Waals surface area (Å²) in [7, 11) is 1.49. The highest BCUT2D eigenvalue weighted by Crippen LogP contribution is 2.34. The molecule has 2 aromatic heterocycles. The van der Waals surface area contributed by atoms with E-state index in [4.69, 9.17) is 16.3 Å². The third-order valence-electron chi connectivity index (χ3n) is 12.5. The zero-order valence-corrected chi connectivity index (χ0v) is 42.0. The van der Waals surface area contributed by atoms with E-state index < -0.39 is 35.3 Å². The van der Waals surface area contributed by atoms with Gasteiger partial charge in [-0.25, -0.2) is 19.3 Å². The maximum atomic E-state index is 14.1. The molecule has 0 spiro atoms. The number of amides is 5. The number of aryl methyl sites for hydroxylation is 1. The van der Waals surface area contributed by atoms with E-state index in [0.29, 0.717) is 66.3 Å². The van der Waals surface area contributed by atoms with Crippen molar-refractivity contribution in [1.29, 1.82) is 0 Å². The molecule has 0 radical (unpaired) electrons. The van der Waals surface area contributed by atoms with Gasteiger partial charge in [0.1, 0.15) is 35.8 Å². The van der Waals surface area contributed by atoms with Gasteiger partial charge in [0.05, 0.1) is 45.5 Å². The molecule has 5 amide bonds. The summed E-state index contributed by atoms with van der Waals surface area (Å²) < 4.78 is 19.3. The van der Waals surface area contributed by atoms with Crippen LogP contribution in [0.25, 0.3) is 21.3 Å². The van der Waals surface area contributed by atoms with Crippen LogP contribution in [0.5, 0.6) is 5.75 Å². The number of aliphatic hydroxyl groups excluding tert-OH is 1. The summed E-state index contributed by atoms with van der Waals surface area (Å²) in [6.45, 7) is 9.57. The van der Waals surface area contributed by atoms with Crippen molar-refractivity contribution in [3.63, 3.8) is 0 Å². The zero-order valence-electron chi connectivity index (χ0n) is 40.4. The molecule has 0 saturated carbocycles. The standard InChI is InChI=1S/C51H60ClFN10O7S/c1-30-46(71-29-57-30)32-13-11-31(12-14-32)26-54-49(68)41-23-35(64)27-63(41)50(69)47(51(2,3)4)61-45(67)9-6-8-43(65)58-33-17-20-62(21-18-33)19-7-10-44(66)60-40-24-36-39(25-42(40)70-5)55-28-56-48(36)59-34-15-16-38(53)37(52)22-34/h7,10-16,22,24-25,28-29,33,35,41,47,64H,6,8-9,17-21,23,26-27H2,1-5H3,(H,54,68)(H,58,65)(H,60,66)(H,61,67)(H,55,56,59)/b10-7+/t35-,41+,47-/m1/s1. The van der Waals surface area contributed by atoms with Crippen LogP contribution in [-0.4, -0.2) is 117 Å². The molecule has 0 bridgehead atoms. The average Bonchev–Trinajstić information content (AvgIpc) is 3.96. The highest BCUT2D eigenvalue weighted by atomic mass is 35.5. The van der Waals surface area contributed by atoms with Gasteiger partial charge in [0, 0.05) is 81.2 Å². The molecule has 2 saturated heterocycles. The summed E-state index contributed by atoms with van der Waals surface area (Å²) in [6.07, 6.45) is 5.64. The molecule has 17 nitrogen and oxygen atoms in total. The number of nitrogens with zero attached hydrogens (tertiary/aromatic N) is 5. The minimum atomic E-state index is -0.973. The van der Waals surface area contributed by atoms with E-state index >= 15 is 0 Å². The number of hydrogen-bond donors (Lipinski definition) is 6. The molecule has 5 aromatic rings. The highest BCUT2D eigenvalue weighted by Gasteiger charge is 2.44. The first-order chi connectivity index (χ1) is 33.9. The zero-order chi connectivity index (χ0) is 50.8. The van der Waals surface area contributed by atoms with E-state index in [-0.39, 0.29) is 73.5 Å². The van der Waals surface area contributed by atoms with Crippen LogP contribution in [0, 0.1) is 18.2 Å². The van der Waals surface area contributed by atoms with Crippen LogP contribution in [0.1, 0.15) is 70.6 Å². The maximum Gasteiger partial charge on any atom is 0.248 e. The van der Waals surface area contributed by atoms with Gasteiger partial charge in [0.15, 0.2) is 0 Å². The average molecular weight is 1010 g/mol. The second-order valence-electron chi connectivity index (χ2n) is 18.9. The fraction of sp³-hybridized carbons (Fsp3) is 0.412. The lowest BCUT2D eigenvalue weighted by molar-refractivity contribution is -0.144. The van der Waals surface area contributed by atoms with Crippen molar-refractivity contribution in [2.24, 2.45) is 5.41 Å². The number of benzene rings is 3. The number of thiazole rings is 1. The number of carbonyl (C=O) groups is 5. The first-order valence-electron chi connectivity index (χ1n) is 23.5. The Bertz CT molecular complexity index is 2760. The summed E-state index contributed by atoms with van der Waals surface area (Å²) in [5, 5.41) is 26.0. The molecule has 71 heavy (non-hydrogen) atoms. The van der Waals surface area contributed by atoms with Gasteiger partial charge in [0.25, 0.3) is 0 Å². The molecule has 376 valence electrons. The molecule has 6 N–H and O–H groups in total. The number of likely N-dealkylation sites (tertiary alicyclic amines) is 2. The molecule has 7 rings (SSSR count). The van der Waals surface area contributed by atoms with Crippen molar-refractivity contribution < 1.29 is 38.2 Å². The SMILES string of the molecule is COc1cc2ncnc(Nc3ccc(F)c(Cl)c3)c2cc1NC(=O)/C=C/CN1CCC(NC(=O)CCCC(=O)N[C@H](C(=O)N2C[C@H](O)C[C@H]2C(=O)NCc2ccc(-c3scnc3C)cc2)C(C)(C)C)CC1. The molecule has 20 heteroatoms. The largest absolute Gasteiger partial charge is 0.494 e. The number of fused-ring (bicyclic) bond motifs is 1. The summed E-state index contributed by atoms with van der Waals surface area (Å²) >= 11 is 7.53. The lowest BCUT2D eigenvalue weighted by atomic mass is 9.85. The summed E-state index contributed by atoms with van der Waals surface area (Å²) in [5.41, 5.74) is 5.43. The Morgan fingerprint density at radius 2 is 1.75 bits per heavy atom. The number of piperidine rings is 1. The van der Waals surface area contributed by atoms with Crippen molar-refractivity contribution in [3.05, 3.63) is 101 Å². The van der Waals surface area contributed by atoms with Gasteiger partial charge in [-0.1, -0.05) is 62.7 Å². The van der Waals surface area contributed by atoms with Gasteiger partial charge in [-0.15, -0.1) is 11.3 Å². The Morgan fingerprint density at radius 1 is 1.00 bits per heavy atom. The van der Waals surface area contributed by atoms with Crippen LogP contribution in [0.15, 0.2) is 78.6 Å². The van der Waals surface area contributed by atoms with Crippen LogP contribution in [0.3, 0.4) is 0 Å². The minimum Gasteiger partial charge on any atom is -0.494 e. The molecule has 3 aromatic carbocycles. The van der Waals surface area contributed by atoms with Crippen LogP contribution < -0.4 is 31.3 Å². The number of rotatable bonds is 18. The van der Waals surface area contributed by atoms with E-state index in [9.17, 15) is 33.5 Å². The normalized spacial score (nSPS) is 17.0. The van der Waals surface area contributed by atoms with Crippen LogP contribution in [0.2, 0.25) is 5.02 Å². The maximum absolute atomic E-state index is 14.1. The first-order valence-corrected chi connectivity index (χ1v) is 24.8. The smallest absolute Gasteiger partial charge is 0.248 e. The Morgan fingerprint density at radius 3 is 2.44 bits per heavy atom. The van der Waals surface area contributed by atoms with Gasteiger partial charge < -0.3 is 41.3 Å². The predicted octanol–water partition coefficient (Wildman–Crippen LogP) is 6.66. The van der Waals surface area contributed by atoms with E-state index in [1.165, 1.54) is 42.6 Å². The number of methoxy groups -OCH3 is 1. The lowest BCUT2D eigenvalue weighted by Gasteiger charge is -2.35. The minimum absolute atomic E-state index is 0.0209. The van der Waals surface area contributed by atoms with E-state index in [1.54, 1.807) is 35.1 Å². The second-order valence-corrected chi connectivity index (χ2v) is 20.1. The number of ether oxygens (including phenoxy) is 1. The van der Waals surface area contributed by atoms with Gasteiger partial charge in [-0.05, 0) is 67.0 Å². The summed E-state index contributed by atoms with van der Waals surface area (Å²) in [5.74, 6) is -1.48. The van der Waals surface area contributed by atoms with Crippen LogP contribution >= 0.6 is 22.9 Å². The monoisotopic (exact) mass is 1010 g/mol. The van der Waals surface area contributed by atoms with E-state index in [1.807, 2.05) is 52.0 Å². The molecular weight excluding hydrogens is 951 g/mol. The number of aliphatic hydroxyl groups is 1. The van der Waals surface area contributed by atoms with Crippen molar-refractivity contribution in [2.45, 2.75) is 97.0 Å². The molecule has 0 aliphatic carbocycles. The van der Waals surface area contributed by atoms with Gasteiger partial charge >= 0.3 is 0 Å². The van der Waals surface area contributed by atoms with Crippen LogP contribution in [0.4, 0.5) is 21.6 Å². The fourth-order valence-electron chi connectivity index (χ4n) is 8.63. The molecule has 2 fully saturated rings. The number of β-amino-alcohol motifs (C(OH)–C–C–N with tert-alkyl or cyclic N) is 1. The van der Waals surface area contributed by atoms with Crippen LogP contribution in [-0.2, 0) is 30.5 Å². The third-order valence-corrected chi connectivity index (χ3v) is 13.8. The van der Waals surface area contributed by atoms with Gasteiger partial charge in [-0.3, -0.25) is 28.9 Å². The summed E-state index contributed by atoms with van der Waals surface area (Å²) in [4.78, 5) is 84.4. The topological polar surface area (TPSA) is 220 Å². The third kappa shape index (κ3) is 13.9. The summed E-state index contributed by atoms with van der Waals surface area (Å²) in [6, 6.07) is 13.5. The highest BCUT2D eigenvalue weighted by molar-refractivity contribution is 7.13. The Hall–Kier alpha value is -6.54. The molecular formula is C51H60ClFN10O7S. The Labute approximate surface area is 421 Å². The Balaban J connectivity index is 0.820. The number of nitrogens with one attached hydrogen (secondary N) is 5. The van der Waals surface area contributed by atoms with Gasteiger partial charge in [0.2, 0.25) is 29.5 Å². The fourth-order valence-corrected chi connectivity index (χ4v) is 9.62. The van der Waals surface area contributed by atoms with Crippen molar-refractivity contribution in [2.75, 3.05) is 43.9 Å². The van der Waals surface area contributed by atoms with E-state index in [0.717, 1.165) is 21.7 Å². The number of halogens is 2. The van der Waals surface area contributed by atoms with Crippen molar-refractivity contribution >= 4 is 80.6 Å². The molecule has 0 unspecified atom stereocenters. The Kier molecular flexibility index (Phi) is 17.4.